The van der Waals surface area contributed by atoms with Gasteiger partial charge in [-0.3, -0.25) is 0 Å². The topological polar surface area (TPSA) is 93.2 Å². The van der Waals surface area contributed by atoms with Crippen LogP contribution in [0.4, 0.5) is 11.5 Å². The molecule has 3 aromatic rings. The van der Waals surface area contributed by atoms with Crippen molar-refractivity contribution in [1.29, 1.82) is 0 Å². The van der Waals surface area contributed by atoms with E-state index in [1.165, 1.54) is 6.33 Å². The van der Waals surface area contributed by atoms with Gasteiger partial charge in [0.2, 0.25) is 6.79 Å². The highest BCUT2D eigenvalue weighted by Gasteiger charge is 2.19. The van der Waals surface area contributed by atoms with E-state index in [2.05, 4.69) is 15.3 Å². The lowest BCUT2D eigenvalue weighted by Gasteiger charge is -2.15. The molecule has 0 unspecified atom stereocenters. The molecule has 158 valence electrons. The highest BCUT2D eigenvalue weighted by Crippen LogP contribution is 2.41. The van der Waals surface area contributed by atoms with E-state index >= 15 is 0 Å². The molecule has 2 heterocycles. The molecule has 2 aromatic carbocycles. The van der Waals surface area contributed by atoms with Crippen LogP contribution in [0.1, 0.15) is 0 Å². The largest absolute Gasteiger partial charge is 0.487 e. The first-order chi connectivity index (χ1) is 14.8. The van der Waals surface area contributed by atoms with Crippen LogP contribution in [-0.4, -0.2) is 57.4 Å². The van der Waals surface area contributed by atoms with Crippen LogP contribution < -0.4 is 24.3 Å². The average molecular weight is 413 g/mol. The molecule has 0 radical (unpaired) electrons. The minimum Gasteiger partial charge on any atom is -0.487 e. The van der Waals surface area contributed by atoms with E-state index in [0.717, 1.165) is 11.1 Å². The van der Waals surface area contributed by atoms with Gasteiger partial charge in [0, 0.05) is 25.7 Å². The van der Waals surface area contributed by atoms with Crippen molar-refractivity contribution in [3.05, 3.63) is 36.7 Å². The Morgan fingerprint density at radius 1 is 0.933 bits per heavy atom. The number of aromatic nitrogens is 2. The van der Waals surface area contributed by atoms with Gasteiger partial charge in [-0.15, -0.1) is 0 Å². The summed E-state index contributed by atoms with van der Waals surface area (Å²) >= 11 is 0. The smallest absolute Gasteiger partial charge is 0.231 e. The van der Waals surface area contributed by atoms with Crippen molar-refractivity contribution < 1.29 is 28.4 Å². The van der Waals surface area contributed by atoms with Gasteiger partial charge in [-0.1, -0.05) is 6.07 Å². The molecule has 1 aliphatic heterocycles. The van der Waals surface area contributed by atoms with Crippen LogP contribution in [0.25, 0.3) is 10.9 Å². The first-order valence-electron chi connectivity index (χ1n) is 9.48. The molecule has 9 heteroatoms. The Morgan fingerprint density at radius 3 is 2.47 bits per heavy atom. The second-order valence-corrected chi connectivity index (χ2v) is 6.39. The van der Waals surface area contributed by atoms with Gasteiger partial charge in [-0.05, 0) is 18.2 Å². The predicted molar refractivity (Wildman–Crippen MR) is 110 cm³/mol. The Morgan fingerprint density at radius 2 is 1.70 bits per heavy atom. The molecule has 4 rings (SSSR count). The first kappa shape index (κ1) is 20.0. The number of benzene rings is 2. The fourth-order valence-corrected chi connectivity index (χ4v) is 3.02. The summed E-state index contributed by atoms with van der Waals surface area (Å²) < 4.78 is 32.9. The van der Waals surface area contributed by atoms with Gasteiger partial charge in [0.15, 0.2) is 23.0 Å². The van der Waals surface area contributed by atoms with E-state index in [4.69, 9.17) is 28.4 Å². The van der Waals surface area contributed by atoms with E-state index in [0.29, 0.717) is 60.8 Å². The van der Waals surface area contributed by atoms with Crippen molar-refractivity contribution in [2.24, 2.45) is 0 Å². The summed E-state index contributed by atoms with van der Waals surface area (Å²) in [5.74, 6) is 3.11. The maximum absolute atomic E-state index is 5.88. The standard InChI is InChI=1S/C21H23N3O6/c1-25-6-8-27-18-10-14-16(11-19(18)28-9-7-26-2)22-12-23-21(14)24-15-4-3-5-17-20(15)30-13-29-17/h3-5,10-12H,6-9,13H2,1-2H3,(H,22,23,24). The molecular formula is C21H23N3O6. The molecule has 0 atom stereocenters. The molecule has 1 aliphatic rings. The molecule has 0 spiro atoms. The number of anilines is 2. The number of nitrogens with zero attached hydrogens (tertiary/aromatic N) is 2. The maximum atomic E-state index is 5.88. The molecule has 30 heavy (non-hydrogen) atoms. The van der Waals surface area contributed by atoms with Crippen LogP contribution in [-0.2, 0) is 9.47 Å². The monoisotopic (exact) mass is 413 g/mol. The predicted octanol–water partition coefficient (Wildman–Crippen LogP) is 3.15. The lowest BCUT2D eigenvalue weighted by Crippen LogP contribution is -2.09. The fourth-order valence-electron chi connectivity index (χ4n) is 3.02. The lowest BCUT2D eigenvalue weighted by molar-refractivity contribution is 0.132. The highest BCUT2D eigenvalue weighted by atomic mass is 16.7. The van der Waals surface area contributed by atoms with Gasteiger partial charge in [-0.2, -0.15) is 0 Å². The lowest BCUT2D eigenvalue weighted by atomic mass is 10.2. The summed E-state index contributed by atoms with van der Waals surface area (Å²) in [7, 11) is 3.25. The van der Waals surface area contributed by atoms with E-state index in [1.807, 2.05) is 30.3 Å². The van der Waals surface area contributed by atoms with Crippen molar-refractivity contribution in [2.75, 3.05) is 52.8 Å². The van der Waals surface area contributed by atoms with Crippen LogP contribution in [0.5, 0.6) is 23.0 Å². The fraction of sp³-hybridized carbons (Fsp3) is 0.333. The van der Waals surface area contributed by atoms with Crippen LogP contribution >= 0.6 is 0 Å². The van der Waals surface area contributed by atoms with Gasteiger partial charge < -0.3 is 33.7 Å². The van der Waals surface area contributed by atoms with Crippen molar-refractivity contribution in [2.45, 2.75) is 0 Å². The molecule has 0 aliphatic carbocycles. The maximum Gasteiger partial charge on any atom is 0.231 e. The Balaban J connectivity index is 1.68. The van der Waals surface area contributed by atoms with Crippen molar-refractivity contribution >= 4 is 22.4 Å². The summed E-state index contributed by atoms with van der Waals surface area (Å²) in [5, 5.41) is 4.09. The minimum absolute atomic E-state index is 0.193. The summed E-state index contributed by atoms with van der Waals surface area (Å²) in [6.45, 7) is 1.90. The van der Waals surface area contributed by atoms with Crippen LogP contribution in [0.15, 0.2) is 36.7 Å². The van der Waals surface area contributed by atoms with Crippen LogP contribution in [0.3, 0.4) is 0 Å². The molecular weight excluding hydrogens is 390 g/mol. The Bertz CT molecular complexity index is 1010. The Labute approximate surface area is 173 Å². The van der Waals surface area contributed by atoms with Gasteiger partial charge >= 0.3 is 0 Å². The molecule has 9 nitrogen and oxygen atoms in total. The SMILES string of the molecule is COCCOc1cc2ncnc(Nc3cccc4c3OCO4)c2cc1OCCOC. The van der Waals surface area contributed by atoms with Gasteiger partial charge in [0.25, 0.3) is 0 Å². The van der Waals surface area contributed by atoms with Crippen molar-refractivity contribution in [3.63, 3.8) is 0 Å². The summed E-state index contributed by atoms with van der Waals surface area (Å²) in [4.78, 5) is 8.79. The Kier molecular flexibility index (Phi) is 6.31. The zero-order valence-electron chi connectivity index (χ0n) is 16.8. The first-order valence-corrected chi connectivity index (χ1v) is 9.48. The second-order valence-electron chi connectivity index (χ2n) is 6.39. The van der Waals surface area contributed by atoms with Gasteiger partial charge in [0.05, 0.1) is 24.4 Å². The number of para-hydroxylation sites is 1. The van der Waals surface area contributed by atoms with Crippen molar-refractivity contribution in [3.8, 4) is 23.0 Å². The van der Waals surface area contributed by atoms with E-state index < -0.39 is 0 Å². The van der Waals surface area contributed by atoms with E-state index in [1.54, 1.807) is 14.2 Å². The quantitative estimate of drug-likeness (QED) is 0.503. The third-order valence-electron chi connectivity index (χ3n) is 4.44. The zero-order chi connectivity index (χ0) is 20.8. The summed E-state index contributed by atoms with van der Waals surface area (Å²) in [5.41, 5.74) is 1.47. The normalized spacial score (nSPS) is 12.2. The molecule has 0 amide bonds. The number of fused-ring (bicyclic) bond motifs is 2. The summed E-state index contributed by atoms with van der Waals surface area (Å²) in [6, 6.07) is 9.34. The van der Waals surface area contributed by atoms with Crippen molar-refractivity contribution in [1.82, 2.24) is 9.97 Å². The number of ether oxygens (including phenoxy) is 6. The molecule has 0 saturated heterocycles. The van der Waals surface area contributed by atoms with E-state index in [9.17, 15) is 0 Å². The molecule has 1 N–H and O–H groups in total. The third-order valence-corrected chi connectivity index (χ3v) is 4.44. The Hall–Kier alpha value is -3.30. The third kappa shape index (κ3) is 4.32. The highest BCUT2D eigenvalue weighted by molar-refractivity contribution is 5.93. The van der Waals surface area contributed by atoms with Gasteiger partial charge in [0.1, 0.15) is 25.4 Å². The number of hydrogen-bond donors (Lipinski definition) is 1. The average Bonchev–Trinajstić information content (AvgIpc) is 3.24. The van der Waals surface area contributed by atoms with Gasteiger partial charge in [-0.25, -0.2) is 9.97 Å². The second kappa shape index (κ2) is 9.47. The molecule has 0 saturated carbocycles. The molecule has 0 bridgehead atoms. The van der Waals surface area contributed by atoms with Crippen LogP contribution in [0.2, 0.25) is 0 Å². The number of nitrogens with one attached hydrogen (secondary N) is 1. The summed E-state index contributed by atoms with van der Waals surface area (Å²) in [6.07, 6.45) is 1.50. The molecule has 0 fully saturated rings. The number of methoxy groups -OCH3 is 2. The number of rotatable bonds is 10. The van der Waals surface area contributed by atoms with Crippen LogP contribution in [0, 0.1) is 0 Å². The zero-order valence-corrected chi connectivity index (χ0v) is 16.8. The number of hydrogen-bond acceptors (Lipinski definition) is 9. The molecule has 1 aromatic heterocycles. The minimum atomic E-state index is 0.193. The van der Waals surface area contributed by atoms with E-state index in [-0.39, 0.29) is 6.79 Å².